The molecule has 1 heterocycles. The van der Waals surface area contributed by atoms with E-state index >= 15 is 0 Å². The van der Waals surface area contributed by atoms with E-state index in [1.54, 1.807) is 18.2 Å². The van der Waals surface area contributed by atoms with Crippen molar-refractivity contribution in [2.24, 2.45) is 0 Å². The lowest BCUT2D eigenvalue weighted by Crippen LogP contribution is -1.96. The summed E-state index contributed by atoms with van der Waals surface area (Å²) < 4.78 is 18.6. The molecule has 21 heavy (non-hydrogen) atoms. The van der Waals surface area contributed by atoms with Crippen LogP contribution >= 0.6 is 0 Å². The molecule has 1 N–H and O–H groups in total. The lowest BCUT2D eigenvalue weighted by Gasteiger charge is -2.03. The summed E-state index contributed by atoms with van der Waals surface area (Å²) in [5.41, 5.74) is 1.24. The van der Waals surface area contributed by atoms with E-state index in [0.29, 0.717) is 16.5 Å². The first-order valence-electron chi connectivity index (χ1n) is 6.13. The van der Waals surface area contributed by atoms with Crippen LogP contribution in [0.1, 0.15) is 5.56 Å². The van der Waals surface area contributed by atoms with Crippen LogP contribution in [-0.4, -0.2) is 15.1 Å². The van der Waals surface area contributed by atoms with Crippen LogP contribution in [0.25, 0.3) is 10.9 Å². The predicted octanol–water partition coefficient (Wildman–Crippen LogP) is 3.19. The van der Waals surface area contributed by atoms with Gasteiger partial charge in [-0.15, -0.1) is 5.10 Å². The van der Waals surface area contributed by atoms with Crippen molar-refractivity contribution in [2.75, 3.05) is 0 Å². The van der Waals surface area contributed by atoms with E-state index in [4.69, 9.17) is 4.74 Å². The number of rotatable bonds is 4. The molecule has 1 aromatic heterocycles. The van der Waals surface area contributed by atoms with Crippen molar-refractivity contribution in [1.29, 1.82) is 0 Å². The Morgan fingerprint density at radius 2 is 2.14 bits per heavy atom. The van der Waals surface area contributed by atoms with Gasteiger partial charge in [0.2, 0.25) is 5.88 Å². The van der Waals surface area contributed by atoms with Gasteiger partial charge in [-0.2, -0.15) is 0 Å². The number of halogens is 1. The monoisotopic (exact) mass is 287 g/mol. The van der Waals surface area contributed by atoms with Gasteiger partial charge in [0, 0.05) is 12.1 Å². The van der Waals surface area contributed by atoms with Gasteiger partial charge in [-0.3, -0.25) is 15.2 Å². The van der Waals surface area contributed by atoms with Gasteiger partial charge in [0.15, 0.2) is 0 Å². The summed E-state index contributed by atoms with van der Waals surface area (Å²) >= 11 is 0. The molecular weight excluding hydrogens is 277 g/mol. The molecule has 0 bridgehead atoms. The number of H-pyrrole nitrogens is 1. The fourth-order valence-electron chi connectivity index (χ4n) is 1.98. The van der Waals surface area contributed by atoms with Crippen LogP contribution in [0, 0.1) is 15.9 Å². The van der Waals surface area contributed by atoms with Crippen molar-refractivity contribution in [2.45, 2.75) is 6.61 Å². The number of nitrogens with zero attached hydrogens (tertiary/aromatic N) is 2. The zero-order valence-electron chi connectivity index (χ0n) is 10.7. The second kappa shape index (κ2) is 5.20. The molecule has 2 aromatic carbocycles. The highest BCUT2D eigenvalue weighted by molar-refractivity contribution is 5.86. The molecule has 0 atom stereocenters. The van der Waals surface area contributed by atoms with E-state index < -0.39 is 4.92 Å². The molecule has 0 fully saturated rings. The summed E-state index contributed by atoms with van der Waals surface area (Å²) in [6.07, 6.45) is 0. The van der Waals surface area contributed by atoms with E-state index in [1.807, 2.05) is 0 Å². The van der Waals surface area contributed by atoms with E-state index in [1.165, 1.54) is 24.3 Å². The van der Waals surface area contributed by atoms with Crippen LogP contribution < -0.4 is 4.74 Å². The summed E-state index contributed by atoms with van der Waals surface area (Å²) in [5.74, 6) is -0.100. The molecule has 106 valence electrons. The Hall–Kier alpha value is -2.96. The Morgan fingerprint density at radius 3 is 2.90 bits per heavy atom. The second-order valence-electron chi connectivity index (χ2n) is 4.43. The largest absolute Gasteiger partial charge is 0.471 e. The minimum absolute atomic E-state index is 0.0421. The number of aromatic nitrogens is 2. The number of nitrogens with one attached hydrogen (secondary N) is 1. The number of benzene rings is 2. The molecule has 0 radical (unpaired) electrons. The average molecular weight is 287 g/mol. The van der Waals surface area contributed by atoms with Crippen LogP contribution in [0.5, 0.6) is 5.88 Å². The summed E-state index contributed by atoms with van der Waals surface area (Å²) in [4.78, 5) is 10.3. The first-order chi connectivity index (χ1) is 10.1. The highest BCUT2D eigenvalue weighted by atomic mass is 19.1. The Labute approximate surface area is 118 Å². The number of hydrogen-bond acceptors (Lipinski definition) is 4. The van der Waals surface area contributed by atoms with Gasteiger partial charge in [0.25, 0.3) is 5.69 Å². The van der Waals surface area contributed by atoms with Gasteiger partial charge in [0.1, 0.15) is 12.4 Å². The van der Waals surface area contributed by atoms with Gasteiger partial charge in [-0.1, -0.05) is 12.1 Å². The SMILES string of the molecule is O=[N+]([O-])c1ccc2[nH]nc(OCc3cccc(F)c3)c2c1. The number of non-ortho nitro benzene ring substituents is 1. The number of nitro groups is 1. The molecular formula is C14H10FN3O3. The van der Waals surface area contributed by atoms with Gasteiger partial charge >= 0.3 is 0 Å². The second-order valence-corrected chi connectivity index (χ2v) is 4.43. The van der Waals surface area contributed by atoms with Gasteiger partial charge in [0.05, 0.1) is 15.8 Å². The molecule has 3 aromatic rings. The smallest absolute Gasteiger partial charge is 0.270 e. The fourth-order valence-corrected chi connectivity index (χ4v) is 1.98. The van der Waals surface area contributed by atoms with Crippen molar-refractivity contribution >= 4 is 16.6 Å². The summed E-state index contributed by atoms with van der Waals surface area (Å²) in [5, 5.41) is 18.0. The Bertz CT molecular complexity index is 816. The number of hydrogen-bond donors (Lipinski definition) is 1. The van der Waals surface area contributed by atoms with E-state index in [0.717, 1.165) is 0 Å². The molecule has 0 saturated carbocycles. The van der Waals surface area contributed by atoms with Crippen LogP contribution in [0.3, 0.4) is 0 Å². The van der Waals surface area contributed by atoms with Gasteiger partial charge in [-0.05, 0) is 23.8 Å². The molecule has 0 saturated heterocycles. The molecule has 3 rings (SSSR count). The zero-order chi connectivity index (χ0) is 14.8. The first-order valence-corrected chi connectivity index (χ1v) is 6.13. The predicted molar refractivity (Wildman–Crippen MR) is 73.5 cm³/mol. The van der Waals surface area contributed by atoms with Gasteiger partial charge < -0.3 is 4.74 Å². The van der Waals surface area contributed by atoms with Crippen molar-refractivity contribution < 1.29 is 14.1 Å². The molecule has 0 aliphatic heterocycles. The highest BCUT2D eigenvalue weighted by Gasteiger charge is 2.12. The van der Waals surface area contributed by atoms with E-state index in [9.17, 15) is 14.5 Å². The highest BCUT2D eigenvalue weighted by Crippen LogP contribution is 2.27. The minimum Gasteiger partial charge on any atom is -0.471 e. The number of aromatic amines is 1. The summed E-state index contributed by atoms with van der Waals surface area (Å²) in [6, 6.07) is 10.3. The van der Waals surface area contributed by atoms with E-state index in [2.05, 4.69) is 10.2 Å². The number of ether oxygens (including phenoxy) is 1. The Balaban J connectivity index is 1.86. The molecule has 6 nitrogen and oxygen atoms in total. The van der Waals surface area contributed by atoms with Crippen molar-refractivity contribution in [3.8, 4) is 5.88 Å². The third-order valence-corrected chi connectivity index (χ3v) is 2.99. The lowest BCUT2D eigenvalue weighted by molar-refractivity contribution is -0.384. The minimum atomic E-state index is -0.483. The molecule has 7 heteroatoms. The van der Waals surface area contributed by atoms with Crippen LogP contribution in [-0.2, 0) is 6.61 Å². The first kappa shape index (κ1) is 13.0. The van der Waals surface area contributed by atoms with Crippen molar-refractivity contribution in [3.05, 3.63) is 64.0 Å². The zero-order valence-corrected chi connectivity index (χ0v) is 10.7. The molecule has 0 amide bonds. The van der Waals surface area contributed by atoms with Crippen molar-refractivity contribution in [1.82, 2.24) is 10.2 Å². The number of nitro benzene ring substituents is 1. The quantitative estimate of drug-likeness (QED) is 0.590. The third kappa shape index (κ3) is 2.66. The number of fused-ring (bicyclic) bond motifs is 1. The standard InChI is InChI=1S/C14H10FN3O3/c15-10-3-1-2-9(6-10)8-21-14-12-7-11(18(19)20)4-5-13(12)16-17-14/h1-7H,8H2,(H,16,17). The Morgan fingerprint density at radius 1 is 1.29 bits per heavy atom. The maximum atomic E-state index is 13.1. The maximum Gasteiger partial charge on any atom is 0.270 e. The molecule has 0 aliphatic carbocycles. The summed E-state index contributed by atoms with van der Waals surface area (Å²) in [7, 11) is 0. The van der Waals surface area contributed by atoms with E-state index in [-0.39, 0.29) is 24.0 Å². The Kier molecular flexibility index (Phi) is 3.23. The third-order valence-electron chi connectivity index (χ3n) is 2.99. The van der Waals surface area contributed by atoms with Gasteiger partial charge in [-0.25, -0.2) is 4.39 Å². The maximum absolute atomic E-state index is 13.1. The average Bonchev–Trinajstić information content (AvgIpc) is 2.87. The topological polar surface area (TPSA) is 81.0 Å². The lowest BCUT2D eigenvalue weighted by atomic mass is 10.2. The van der Waals surface area contributed by atoms with Crippen LogP contribution in [0.2, 0.25) is 0 Å². The molecule has 0 aliphatic rings. The fraction of sp³-hybridized carbons (Fsp3) is 0.0714. The van der Waals surface area contributed by atoms with Crippen LogP contribution in [0.4, 0.5) is 10.1 Å². The van der Waals surface area contributed by atoms with Crippen molar-refractivity contribution in [3.63, 3.8) is 0 Å². The summed E-state index contributed by atoms with van der Waals surface area (Å²) in [6.45, 7) is 0.125. The normalized spacial score (nSPS) is 10.7. The molecule has 0 unspecified atom stereocenters. The molecule has 0 spiro atoms. The van der Waals surface area contributed by atoms with Crippen LogP contribution in [0.15, 0.2) is 42.5 Å².